The summed E-state index contributed by atoms with van der Waals surface area (Å²) in [4.78, 5) is 11.6. The first-order chi connectivity index (χ1) is 9.65. The summed E-state index contributed by atoms with van der Waals surface area (Å²) in [6.45, 7) is 0. The molecule has 0 N–H and O–H groups in total. The number of ether oxygens (including phenoxy) is 1. The molecule has 1 heterocycles. The van der Waals surface area contributed by atoms with E-state index in [2.05, 4.69) is 4.74 Å². The maximum atomic E-state index is 13.0. The number of methoxy groups -OCH3 is 1. The summed E-state index contributed by atoms with van der Waals surface area (Å²) in [7, 11) is -2.89. The van der Waals surface area contributed by atoms with Crippen LogP contribution < -0.4 is 0 Å². The third-order valence-corrected chi connectivity index (χ3v) is 3.91. The van der Waals surface area contributed by atoms with Gasteiger partial charge in [-0.3, -0.25) is 0 Å². The fourth-order valence-electron chi connectivity index (χ4n) is 1.93. The predicted octanol–water partition coefficient (Wildman–Crippen LogP) is 2.53. The Kier molecular flexibility index (Phi) is 3.66. The summed E-state index contributed by atoms with van der Waals surface area (Å²) in [5, 5.41) is 1.23. The van der Waals surface area contributed by atoms with Gasteiger partial charge in [-0.15, -0.1) is 0 Å². The topological polar surface area (TPSA) is 60.4 Å². The molecule has 0 bridgehead atoms. The number of hydrogen-bond donors (Lipinski definition) is 0. The highest BCUT2D eigenvalue weighted by Crippen LogP contribution is 2.39. The second kappa shape index (κ2) is 5.03. The lowest BCUT2D eigenvalue weighted by Gasteiger charge is -2.14. The summed E-state index contributed by atoms with van der Waals surface area (Å²) >= 11 is 0. The summed E-state index contributed by atoms with van der Waals surface area (Å²) in [6, 6.07) is 4.42. The first-order valence-corrected chi connectivity index (χ1v) is 7.20. The van der Waals surface area contributed by atoms with Crippen molar-refractivity contribution < 1.29 is 31.1 Å². The van der Waals surface area contributed by atoms with Gasteiger partial charge in [0.05, 0.1) is 23.7 Å². The van der Waals surface area contributed by atoms with Gasteiger partial charge in [-0.25, -0.2) is 13.2 Å². The van der Waals surface area contributed by atoms with E-state index in [9.17, 15) is 26.4 Å². The quantitative estimate of drug-likeness (QED) is 0.786. The second-order valence-corrected chi connectivity index (χ2v) is 5.84. The SMILES string of the molecule is COC(=O)C1=CS(=O)(=O)C=C1c1ccccc1C(F)(F)F. The third-order valence-electron chi connectivity index (χ3n) is 2.78. The molecule has 1 aromatic rings. The van der Waals surface area contributed by atoms with Gasteiger partial charge in [-0.1, -0.05) is 18.2 Å². The van der Waals surface area contributed by atoms with Gasteiger partial charge in [0.2, 0.25) is 0 Å². The molecule has 1 aliphatic heterocycles. The average molecular weight is 318 g/mol. The lowest BCUT2D eigenvalue weighted by atomic mass is 9.95. The molecule has 21 heavy (non-hydrogen) atoms. The Morgan fingerprint density at radius 1 is 1.14 bits per heavy atom. The molecule has 4 nitrogen and oxygen atoms in total. The van der Waals surface area contributed by atoms with Gasteiger partial charge in [0.1, 0.15) is 0 Å². The van der Waals surface area contributed by atoms with Crippen molar-refractivity contribution in [3.8, 4) is 0 Å². The Bertz CT molecular complexity index is 758. The normalized spacial score (nSPS) is 17.1. The zero-order chi connectivity index (χ0) is 15.8. The van der Waals surface area contributed by atoms with E-state index in [0.29, 0.717) is 10.8 Å². The molecule has 0 radical (unpaired) electrons. The molecule has 0 fully saturated rings. The van der Waals surface area contributed by atoms with E-state index in [1.165, 1.54) is 12.1 Å². The molecule has 1 aromatic carbocycles. The van der Waals surface area contributed by atoms with E-state index in [-0.39, 0.29) is 11.1 Å². The number of benzene rings is 1. The second-order valence-electron chi connectivity index (χ2n) is 4.19. The van der Waals surface area contributed by atoms with Crippen molar-refractivity contribution in [1.29, 1.82) is 0 Å². The van der Waals surface area contributed by atoms with Crippen molar-refractivity contribution in [3.05, 3.63) is 51.8 Å². The molecular weight excluding hydrogens is 309 g/mol. The first-order valence-electron chi connectivity index (χ1n) is 5.59. The van der Waals surface area contributed by atoms with E-state index in [0.717, 1.165) is 19.2 Å². The van der Waals surface area contributed by atoms with Crippen LogP contribution in [0.15, 0.2) is 40.7 Å². The van der Waals surface area contributed by atoms with Crippen LogP contribution in [0.3, 0.4) is 0 Å². The number of rotatable bonds is 2. The standard InChI is InChI=1S/C13H9F3O4S/c1-20-12(17)10-7-21(18,19)6-9(10)8-4-2-3-5-11(8)13(14,15)16/h2-7H,1H3. The van der Waals surface area contributed by atoms with Crippen molar-refractivity contribution in [2.24, 2.45) is 0 Å². The molecule has 0 saturated heterocycles. The minimum Gasteiger partial charge on any atom is -0.465 e. The minimum absolute atomic E-state index is 0.324. The molecule has 8 heteroatoms. The van der Waals surface area contributed by atoms with Crippen molar-refractivity contribution >= 4 is 21.4 Å². The van der Waals surface area contributed by atoms with Crippen LogP contribution in [0.2, 0.25) is 0 Å². The number of carbonyl (C=O) groups excluding carboxylic acids is 1. The summed E-state index contributed by atoms with van der Waals surface area (Å²) in [6.07, 6.45) is -4.68. The van der Waals surface area contributed by atoms with Crippen molar-refractivity contribution in [2.75, 3.05) is 7.11 Å². The molecule has 0 saturated carbocycles. The Morgan fingerprint density at radius 2 is 1.76 bits per heavy atom. The minimum atomic E-state index is -4.68. The van der Waals surface area contributed by atoms with Crippen LogP contribution >= 0.6 is 0 Å². The summed E-state index contributed by atoms with van der Waals surface area (Å²) in [5.74, 6) is -1.01. The molecule has 112 valence electrons. The van der Waals surface area contributed by atoms with Crippen molar-refractivity contribution in [3.63, 3.8) is 0 Å². The first kappa shape index (κ1) is 15.3. The Labute approximate surface area is 118 Å². The Balaban J connectivity index is 2.68. The van der Waals surface area contributed by atoms with Gasteiger partial charge in [0.25, 0.3) is 0 Å². The van der Waals surface area contributed by atoms with E-state index >= 15 is 0 Å². The zero-order valence-electron chi connectivity index (χ0n) is 10.6. The number of alkyl halides is 3. The average Bonchev–Trinajstić information content (AvgIpc) is 2.73. The predicted molar refractivity (Wildman–Crippen MR) is 68.4 cm³/mol. The fraction of sp³-hybridized carbons (Fsp3) is 0.154. The fourth-order valence-corrected chi connectivity index (χ4v) is 3.13. The van der Waals surface area contributed by atoms with Crippen LogP contribution in [0.4, 0.5) is 13.2 Å². The number of hydrogen-bond acceptors (Lipinski definition) is 4. The third kappa shape index (κ3) is 2.99. The number of carbonyl (C=O) groups is 1. The zero-order valence-corrected chi connectivity index (χ0v) is 11.5. The molecule has 0 aromatic heterocycles. The van der Waals surface area contributed by atoms with Gasteiger partial charge in [0.15, 0.2) is 9.84 Å². The van der Waals surface area contributed by atoms with Crippen molar-refractivity contribution in [1.82, 2.24) is 0 Å². The smallest absolute Gasteiger partial charge is 0.417 e. The molecule has 0 spiro atoms. The number of halogens is 3. The maximum absolute atomic E-state index is 13.0. The molecular formula is C13H9F3O4S. The Morgan fingerprint density at radius 3 is 2.33 bits per heavy atom. The van der Waals surface area contributed by atoms with E-state index < -0.39 is 33.1 Å². The molecule has 0 amide bonds. The lowest BCUT2D eigenvalue weighted by Crippen LogP contribution is -2.11. The molecule has 1 aliphatic rings. The van der Waals surface area contributed by atoms with Gasteiger partial charge >= 0.3 is 12.1 Å². The van der Waals surface area contributed by atoms with Crippen LogP contribution in [-0.4, -0.2) is 21.5 Å². The van der Waals surface area contributed by atoms with E-state index in [1.807, 2.05) is 0 Å². The highest BCUT2D eigenvalue weighted by Gasteiger charge is 2.37. The van der Waals surface area contributed by atoms with Crippen LogP contribution in [0, 0.1) is 0 Å². The highest BCUT2D eigenvalue weighted by atomic mass is 32.2. The van der Waals surface area contributed by atoms with Gasteiger partial charge in [-0.2, -0.15) is 13.2 Å². The maximum Gasteiger partial charge on any atom is 0.417 e. The van der Waals surface area contributed by atoms with Crippen LogP contribution in [0.25, 0.3) is 5.57 Å². The summed E-state index contributed by atoms with van der Waals surface area (Å²) < 4.78 is 66.5. The lowest BCUT2D eigenvalue weighted by molar-refractivity contribution is -0.138. The van der Waals surface area contributed by atoms with Crippen molar-refractivity contribution in [2.45, 2.75) is 6.18 Å². The van der Waals surface area contributed by atoms with Crippen LogP contribution in [-0.2, 0) is 25.5 Å². The van der Waals surface area contributed by atoms with Crippen LogP contribution in [0.1, 0.15) is 11.1 Å². The molecule has 0 aliphatic carbocycles. The van der Waals surface area contributed by atoms with Gasteiger partial charge in [-0.05, 0) is 11.6 Å². The monoisotopic (exact) mass is 318 g/mol. The van der Waals surface area contributed by atoms with E-state index in [4.69, 9.17) is 0 Å². The van der Waals surface area contributed by atoms with Crippen LogP contribution in [0.5, 0.6) is 0 Å². The summed E-state index contributed by atoms with van der Waals surface area (Å²) in [5.41, 5.74) is -2.16. The Hall–Kier alpha value is -2.09. The van der Waals surface area contributed by atoms with Gasteiger partial charge < -0.3 is 4.74 Å². The molecule has 2 rings (SSSR count). The highest BCUT2D eigenvalue weighted by molar-refractivity contribution is 7.97. The van der Waals surface area contributed by atoms with E-state index in [1.54, 1.807) is 0 Å². The van der Waals surface area contributed by atoms with Gasteiger partial charge in [0, 0.05) is 11.0 Å². The number of sulfone groups is 1. The molecule has 0 atom stereocenters. The number of esters is 1. The largest absolute Gasteiger partial charge is 0.465 e. The molecule has 0 unspecified atom stereocenters.